The van der Waals surface area contributed by atoms with Crippen LogP contribution in [-0.2, 0) is 5.60 Å². The molecule has 0 fully saturated rings. The Labute approximate surface area is 108 Å². The van der Waals surface area contributed by atoms with E-state index >= 15 is 0 Å². The van der Waals surface area contributed by atoms with E-state index in [9.17, 15) is 13.9 Å². The lowest BCUT2D eigenvalue weighted by Crippen LogP contribution is -2.49. The first-order chi connectivity index (χ1) is 8.46. The van der Waals surface area contributed by atoms with Crippen molar-refractivity contribution in [3.8, 4) is 0 Å². The van der Waals surface area contributed by atoms with E-state index in [-0.39, 0.29) is 0 Å². The second-order valence-electron chi connectivity index (χ2n) is 4.42. The number of nitrogens with one attached hydrogen (secondary N) is 1. The lowest BCUT2D eigenvalue weighted by atomic mass is 9.88. The molecule has 18 heavy (non-hydrogen) atoms. The van der Waals surface area contributed by atoms with Crippen LogP contribution in [0.1, 0.15) is 12.5 Å². The van der Waals surface area contributed by atoms with E-state index in [1.54, 1.807) is 12.1 Å². The number of hydrogen-bond acceptors (Lipinski definition) is 3. The maximum atomic E-state index is 12.9. The molecule has 0 aliphatic rings. The van der Waals surface area contributed by atoms with Gasteiger partial charge in [0.15, 0.2) is 0 Å². The molecule has 5 heteroatoms. The predicted octanol–water partition coefficient (Wildman–Crippen LogP) is 2.96. The quantitative estimate of drug-likeness (QED) is 0.896. The van der Waals surface area contributed by atoms with Gasteiger partial charge in [0.2, 0.25) is 0 Å². The summed E-state index contributed by atoms with van der Waals surface area (Å²) in [4.78, 5) is 0. The minimum Gasteiger partial charge on any atom is -0.384 e. The van der Waals surface area contributed by atoms with E-state index in [2.05, 4.69) is 5.32 Å². The monoisotopic (exact) mass is 271 g/mol. The van der Waals surface area contributed by atoms with Crippen molar-refractivity contribution >= 4 is 21.4 Å². The zero-order chi connectivity index (χ0) is 13.3. The van der Waals surface area contributed by atoms with Crippen LogP contribution >= 0.6 is 11.3 Å². The molecule has 1 aromatic carbocycles. The standard InChI is InChI=1S/C13H15F2NOS/c1-13(17,11(16-2)12(14)15)9-4-3-8-5-6-18-10(8)7-9/h3-7,11-12,16-17H,1-2H3. The van der Waals surface area contributed by atoms with Gasteiger partial charge in [0, 0.05) is 4.70 Å². The van der Waals surface area contributed by atoms with Gasteiger partial charge in [-0.15, -0.1) is 11.3 Å². The maximum Gasteiger partial charge on any atom is 0.256 e. The highest BCUT2D eigenvalue weighted by Gasteiger charge is 2.39. The predicted molar refractivity (Wildman–Crippen MR) is 70.2 cm³/mol. The fourth-order valence-corrected chi connectivity index (χ4v) is 2.93. The highest BCUT2D eigenvalue weighted by atomic mass is 32.1. The van der Waals surface area contributed by atoms with Crippen molar-refractivity contribution in [3.05, 3.63) is 35.2 Å². The highest BCUT2D eigenvalue weighted by molar-refractivity contribution is 7.17. The van der Waals surface area contributed by atoms with Gasteiger partial charge >= 0.3 is 0 Å². The van der Waals surface area contributed by atoms with Gasteiger partial charge in [0.05, 0.1) is 0 Å². The molecule has 1 aromatic heterocycles. The smallest absolute Gasteiger partial charge is 0.256 e. The molecule has 0 saturated carbocycles. The molecule has 0 bridgehead atoms. The number of alkyl halides is 2. The number of likely N-dealkylation sites (N-methyl/N-ethyl adjacent to an activating group) is 1. The van der Waals surface area contributed by atoms with Gasteiger partial charge in [0.25, 0.3) is 6.43 Å². The van der Waals surface area contributed by atoms with Crippen molar-refractivity contribution in [3.63, 3.8) is 0 Å². The molecule has 2 unspecified atom stereocenters. The average Bonchev–Trinajstić information content (AvgIpc) is 2.75. The van der Waals surface area contributed by atoms with Gasteiger partial charge in [-0.25, -0.2) is 8.78 Å². The van der Waals surface area contributed by atoms with Crippen molar-refractivity contribution in [2.75, 3.05) is 7.05 Å². The zero-order valence-electron chi connectivity index (χ0n) is 10.2. The summed E-state index contributed by atoms with van der Waals surface area (Å²) in [5.74, 6) is 0. The van der Waals surface area contributed by atoms with Crippen LogP contribution in [0.3, 0.4) is 0 Å². The molecule has 0 radical (unpaired) electrons. The second kappa shape index (κ2) is 4.91. The van der Waals surface area contributed by atoms with Gasteiger partial charge in [-0.3, -0.25) is 0 Å². The SMILES string of the molecule is CNC(C(F)F)C(C)(O)c1ccc2ccsc2c1. The van der Waals surface area contributed by atoms with Crippen LogP contribution in [0, 0.1) is 0 Å². The Morgan fingerprint density at radius 2 is 2.06 bits per heavy atom. The molecule has 0 spiro atoms. The summed E-state index contributed by atoms with van der Waals surface area (Å²) in [6.45, 7) is 1.41. The van der Waals surface area contributed by atoms with Gasteiger partial charge in [-0.05, 0) is 42.4 Å². The Morgan fingerprint density at radius 3 is 2.67 bits per heavy atom. The third kappa shape index (κ3) is 2.25. The molecule has 0 amide bonds. The molecular formula is C13H15F2NOS. The maximum absolute atomic E-state index is 12.9. The number of halogens is 2. The van der Waals surface area contributed by atoms with Crippen LogP contribution in [0.4, 0.5) is 8.78 Å². The number of thiophene rings is 1. The van der Waals surface area contributed by atoms with E-state index < -0.39 is 18.1 Å². The van der Waals surface area contributed by atoms with E-state index in [0.717, 1.165) is 10.1 Å². The summed E-state index contributed by atoms with van der Waals surface area (Å²) in [5, 5.41) is 15.9. The van der Waals surface area contributed by atoms with Crippen LogP contribution in [0.2, 0.25) is 0 Å². The third-order valence-electron chi connectivity index (χ3n) is 3.21. The Morgan fingerprint density at radius 1 is 1.33 bits per heavy atom. The second-order valence-corrected chi connectivity index (χ2v) is 5.37. The summed E-state index contributed by atoms with van der Waals surface area (Å²) in [6.07, 6.45) is -2.64. The normalized spacial score (nSPS) is 17.0. The number of fused-ring (bicyclic) bond motifs is 1. The van der Waals surface area contributed by atoms with Gasteiger partial charge in [-0.2, -0.15) is 0 Å². The number of aliphatic hydroxyl groups is 1. The zero-order valence-corrected chi connectivity index (χ0v) is 11.0. The minimum atomic E-state index is -2.64. The van der Waals surface area contributed by atoms with E-state index in [0.29, 0.717) is 5.56 Å². The minimum absolute atomic E-state index is 0.497. The summed E-state index contributed by atoms with van der Waals surface area (Å²) < 4.78 is 26.8. The molecule has 0 aliphatic heterocycles. The first kappa shape index (κ1) is 13.4. The molecule has 2 nitrogen and oxygen atoms in total. The largest absolute Gasteiger partial charge is 0.384 e. The summed E-state index contributed by atoms with van der Waals surface area (Å²) >= 11 is 1.53. The van der Waals surface area contributed by atoms with E-state index in [1.807, 2.05) is 17.5 Å². The van der Waals surface area contributed by atoms with E-state index in [4.69, 9.17) is 0 Å². The molecule has 98 valence electrons. The number of hydrogen-bond donors (Lipinski definition) is 2. The summed E-state index contributed by atoms with van der Waals surface area (Å²) in [7, 11) is 1.43. The van der Waals surface area contributed by atoms with Crippen LogP contribution in [0.15, 0.2) is 29.6 Å². The highest BCUT2D eigenvalue weighted by Crippen LogP contribution is 2.31. The summed E-state index contributed by atoms with van der Waals surface area (Å²) in [6, 6.07) is 5.97. The number of rotatable bonds is 4. The lowest BCUT2D eigenvalue weighted by molar-refractivity contribution is -0.0483. The first-order valence-corrected chi connectivity index (χ1v) is 6.50. The average molecular weight is 271 g/mol. The summed E-state index contributed by atoms with van der Waals surface area (Å²) in [5.41, 5.74) is -1.11. The van der Waals surface area contributed by atoms with Crippen LogP contribution in [-0.4, -0.2) is 24.6 Å². The molecule has 1 heterocycles. The molecule has 2 atom stereocenters. The molecule has 2 aromatic rings. The van der Waals surface area contributed by atoms with Crippen molar-refractivity contribution in [2.45, 2.75) is 25.0 Å². The van der Waals surface area contributed by atoms with Crippen LogP contribution < -0.4 is 5.32 Å². The molecule has 0 aliphatic carbocycles. The Balaban J connectivity index is 2.44. The van der Waals surface area contributed by atoms with Crippen LogP contribution in [0.5, 0.6) is 0 Å². The van der Waals surface area contributed by atoms with Crippen molar-refractivity contribution in [1.29, 1.82) is 0 Å². The third-order valence-corrected chi connectivity index (χ3v) is 4.09. The van der Waals surface area contributed by atoms with Gasteiger partial charge in [0.1, 0.15) is 11.6 Å². The Bertz CT molecular complexity index is 539. The lowest BCUT2D eigenvalue weighted by Gasteiger charge is -2.32. The van der Waals surface area contributed by atoms with Gasteiger partial charge in [-0.1, -0.05) is 12.1 Å². The van der Waals surface area contributed by atoms with Crippen molar-refractivity contribution < 1.29 is 13.9 Å². The van der Waals surface area contributed by atoms with Crippen molar-refractivity contribution in [2.24, 2.45) is 0 Å². The van der Waals surface area contributed by atoms with Gasteiger partial charge < -0.3 is 10.4 Å². The Kier molecular flexibility index (Phi) is 3.66. The molecular weight excluding hydrogens is 256 g/mol. The van der Waals surface area contributed by atoms with E-state index in [1.165, 1.54) is 25.3 Å². The van der Waals surface area contributed by atoms with Crippen molar-refractivity contribution in [1.82, 2.24) is 5.32 Å². The Hall–Kier alpha value is -1.04. The fraction of sp³-hybridized carbons (Fsp3) is 0.385. The molecule has 2 rings (SSSR count). The molecule has 0 saturated heterocycles. The number of benzene rings is 1. The fourth-order valence-electron chi connectivity index (χ4n) is 2.10. The molecule has 2 N–H and O–H groups in total. The van der Waals surface area contributed by atoms with Crippen LogP contribution in [0.25, 0.3) is 10.1 Å². The first-order valence-electron chi connectivity index (χ1n) is 5.62. The topological polar surface area (TPSA) is 32.3 Å².